The number of para-hydroxylation sites is 3. The standard InChI is InChI=1S/C46H29NO2/c1-2-17-33-30(13-1)14-10-22-35(33)36-18-3-6-23-39(36)47(40-24-12-28-44-46(40)38-20-5-8-26-42(38)49-44)32-16-9-15-31(29-32)34-21-11-27-43-45(34)37-19-4-7-25-41(37)48-43/h1-29H. The molecule has 0 radical (unpaired) electrons. The quantitative estimate of drug-likeness (QED) is 0.190. The first kappa shape index (κ1) is 27.5. The van der Waals surface area contributed by atoms with E-state index in [1.165, 1.54) is 16.3 Å². The molecule has 0 fully saturated rings. The Hall–Kier alpha value is -6.58. The number of hydrogen-bond acceptors (Lipinski definition) is 3. The van der Waals surface area contributed by atoms with Crippen LogP contribution in [0.25, 0.3) is 76.9 Å². The van der Waals surface area contributed by atoms with Crippen molar-refractivity contribution in [1.29, 1.82) is 0 Å². The molecule has 0 N–H and O–H groups in total. The van der Waals surface area contributed by atoms with E-state index in [0.29, 0.717) is 0 Å². The van der Waals surface area contributed by atoms with Crippen molar-refractivity contribution in [2.75, 3.05) is 4.90 Å². The third kappa shape index (κ3) is 4.37. The van der Waals surface area contributed by atoms with Gasteiger partial charge in [0, 0.05) is 27.4 Å². The van der Waals surface area contributed by atoms with Crippen molar-refractivity contribution in [2.24, 2.45) is 0 Å². The largest absolute Gasteiger partial charge is 0.456 e. The molecule has 0 bridgehead atoms. The normalized spacial score (nSPS) is 11.7. The topological polar surface area (TPSA) is 29.5 Å². The monoisotopic (exact) mass is 627 g/mol. The van der Waals surface area contributed by atoms with Crippen LogP contribution in [-0.2, 0) is 0 Å². The van der Waals surface area contributed by atoms with Gasteiger partial charge in [0.1, 0.15) is 22.3 Å². The lowest BCUT2D eigenvalue weighted by atomic mass is 9.95. The molecule has 49 heavy (non-hydrogen) atoms. The van der Waals surface area contributed by atoms with E-state index in [1.807, 2.05) is 24.3 Å². The number of hydrogen-bond donors (Lipinski definition) is 0. The van der Waals surface area contributed by atoms with Crippen molar-refractivity contribution in [3.05, 3.63) is 176 Å². The van der Waals surface area contributed by atoms with Crippen LogP contribution < -0.4 is 4.90 Å². The maximum atomic E-state index is 6.42. The molecule has 0 spiro atoms. The maximum Gasteiger partial charge on any atom is 0.137 e. The highest BCUT2D eigenvalue weighted by molar-refractivity contribution is 6.15. The molecule has 0 amide bonds. The summed E-state index contributed by atoms with van der Waals surface area (Å²) >= 11 is 0. The van der Waals surface area contributed by atoms with Gasteiger partial charge in [0.15, 0.2) is 0 Å². The summed E-state index contributed by atoms with van der Waals surface area (Å²) in [6.45, 7) is 0. The fourth-order valence-corrected chi connectivity index (χ4v) is 7.53. The Labute approximate surface area is 282 Å². The molecule has 2 heterocycles. The van der Waals surface area contributed by atoms with Crippen molar-refractivity contribution in [2.45, 2.75) is 0 Å². The SMILES string of the molecule is c1cc(-c2cccc3oc4ccccc4c23)cc(N(c2ccccc2-c2cccc3ccccc23)c2cccc3oc4ccccc4c23)c1. The van der Waals surface area contributed by atoms with Crippen molar-refractivity contribution in [3.63, 3.8) is 0 Å². The average Bonchev–Trinajstić information content (AvgIpc) is 3.74. The zero-order chi connectivity index (χ0) is 32.3. The molecule has 10 aromatic rings. The molecule has 0 saturated carbocycles. The highest BCUT2D eigenvalue weighted by atomic mass is 16.3. The van der Waals surface area contributed by atoms with E-state index < -0.39 is 0 Å². The van der Waals surface area contributed by atoms with E-state index in [9.17, 15) is 0 Å². The molecule has 230 valence electrons. The minimum absolute atomic E-state index is 0.858. The number of anilines is 3. The van der Waals surface area contributed by atoms with Crippen molar-refractivity contribution in [3.8, 4) is 22.3 Å². The van der Waals surface area contributed by atoms with Gasteiger partial charge in [0.05, 0.1) is 16.8 Å². The summed E-state index contributed by atoms with van der Waals surface area (Å²) in [4.78, 5) is 2.40. The molecule has 0 saturated heterocycles. The predicted molar refractivity (Wildman–Crippen MR) is 204 cm³/mol. The lowest BCUT2D eigenvalue weighted by molar-refractivity contribution is 0.668. The lowest BCUT2D eigenvalue weighted by Gasteiger charge is -2.29. The number of fused-ring (bicyclic) bond motifs is 7. The molecule has 3 heteroatoms. The Morgan fingerprint density at radius 3 is 1.71 bits per heavy atom. The van der Waals surface area contributed by atoms with Crippen LogP contribution >= 0.6 is 0 Å². The summed E-state index contributed by atoms with van der Waals surface area (Å²) in [5, 5.41) is 6.85. The van der Waals surface area contributed by atoms with Gasteiger partial charge in [-0.15, -0.1) is 0 Å². The maximum absolute atomic E-state index is 6.42. The molecule has 10 rings (SSSR count). The number of nitrogens with zero attached hydrogens (tertiary/aromatic N) is 1. The van der Waals surface area contributed by atoms with Crippen LogP contribution in [0.1, 0.15) is 0 Å². The van der Waals surface area contributed by atoms with Crippen LogP contribution in [0.2, 0.25) is 0 Å². The second kappa shape index (κ2) is 11.0. The van der Waals surface area contributed by atoms with E-state index in [0.717, 1.165) is 77.6 Å². The van der Waals surface area contributed by atoms with Crippen LogP contribution in [-0.4, -0.2) is 0 Å². The van der Waals surface area contributed by atoms with Crippen molar-refractivity contribution in [1.82, 2.24) is 0 Å². The summed E-state index contributed by atoms with van der Waals surface area (Å²) in [6, 6.07) is 62.1. The van der Waals surface area contributed by atoms with Gasteiger partial charge in [-0.05, 0) is 76.0 Å². The first-order valence-electron chi connectivity index (χ1n) is 16.6. The van der Waals surface area contributed by atoms with Crippen LogP contribution in [0.3, 0.4) is 0 Å². The smallest absolute Gasteiger partial charge is 0.137 e. The van der Waals surface area contributed by atoms with Gasteiger partial charge in [-0.2, -0.15) is 0 Å². The molecule has 2 aromatic heterocycles. The molecule has 0 aliphatic rings. The van der Waals surface area contributed by atoms with E-state index in [2.05, 4.69) is 157 Å². The van der Waals surface area contributed by atoms with Crippen LogP contribution in [0, 0.1) is 0 Å². The number of furan rings is 2. The fraction of sp³-hybridized carbons (Fsp3) is 0. The highest BCUT2D eigenvalue weighted by Crippen LogP contribution is 2.47. The fourth-order valence-electron chi connectivity index (χ4n) is 7.53. The Morgan fingerprint density at radius 2 is 0.878 bits per heavy atom. The lowest BCUT2D eigenvalue weighted by Crippen LogP contribution is -2.11. The second-order valence-corrected chi connectivity index (χ2v) is 12.5. The molecule has 0 aliphatic heterocycles. The van der Waals surface area contributed by atoms with Gasteiger partial charge in [0.2, 0.25) is 0 Å². The first-order chi connectivity index (χ1) is 24.3. The van der Waals surface area contributed by atoms with Crippen LogP contribution in [0.15, 0.2) is 185 Å². The summed E-state index contributed by atoms with van der Waals surface area (Å²) in [6.07, 6.45) is 0. The molecule has 0 atom stereocenters. The Kier molecular flexibility index (Phi) is 6.18. The van der Waals surface area contributed by atoms with E-state index in [1.54, 1.807) is 0 Å². The molecular formula is C46H29NO2. The molecular weight excluding hydrogens is 599 g/mol. The number of rotatable bonds is 5. The van der Waals surface area contributed by atoms with Gasteiger partial charge in [0.25, 0.3) is 0 Å². The van der Waals surface area contributed by atoms with Crippen molar-refractivity contribution >= 4 is 71.7 Å². The Balaban J connectivity index is 1.27. The summed E-state index contributed by atoms with van der Waals surface area (Å²) in [5.74, 6) is 0. The Bertz CT molecular complexity index is 2850. The first-order valence-corrected chi connectivity index (χ1v) is 16.6. The van der Waals surface area contributed by atoms with E-state index in [-0.39, 0.29) is 0 Å². The van der Waals surface area contributed by atoms with Gasteiger partial charge < -0.3 is 13.7 Å². The molecule has 0 aliphatic carbocycles. The van der Waals surface area contributed by atoms with E-state index >= 15 is 0 Å². The minimum Gasteiger partial charge on any atom is -0.456 e. The zero-order valence-corrected chi connectivity index (χ0v) is 26.5. The Morgan fingerprint density at radius 1 is 0.347 bits per heavy atom. The van der Waals surface area contributed by atoms with Gasteiger partial charge in [-0.3, -0.25) is 0 Å². The summed E-state index contributed by atoms with van der Waals surface area (Å²) in [5.41, 5.74) is 11.3. The van der Waals surface area contributed by atoms with Crippen LogP contribution in [0.5, 0.6) is 0 Å². The highest BCUT2D eigenvalue weighted by Gasteiger charge is 2.23. The number of benzene rings is 8. The molecule has 8 aromatic carbocycles. The van der Waals surface area contributed by atoms with Gasteiger partial charge in [-0.25, -0.2) is 0 Å². The van der Waals surface area contributed by atoms with Gasteiger partial charge in [-0.1, -0.05) is 127 Å². The zero-order valence-electron chi connectivity index (χ0n) is 26.5. The summed E-state index contributed by atoms with van der Waals surface area (Å²) < 4.78 is 12.7. The minimum atomic E-state index is 0.858. The van der Waals surface area contributed by atoms with Crippen molar-refractivity contribution < 1.29 is 8.83 Å². The average molecular weight is 628 g/mol. The van der Waals surface area contributed by atoms with Gasteiger partial charge >= 0.3 is 0 Å². The van der Waals surface area contributed by atoms with E-state index in [4.69, 9.17) is 8.83 Å². The third-order valence-electron chi connectivity index (χ3n) is 9.66. The van der Waals surface area contributed by atoms with Crippen LogP contribution in [0.4, 0.5) is 17.1 Å². The summed E-state index contributed by atoms with van der Waals surface area (Å²) in [7, 11) is 0. The third-order valence-corrected chi connectivity index (χ3v) is 9.66. The molecule has 0 unspecified atom stereocenters. The second-order valence-electron chi connectivity index (χ2n) is 12.5. The predicted octanol–water partition coefficient (Wildman–Crippen LogP) is 13.4. The molecule has 3 nitrogen and oxygen atoms in total.